The fraction of sp³-hybridized carbons (Fsp3) is 0.533. The highest BCUT2D eigenvalue weighted by Gasteiger charge is 2.34. The molecule has 0 aliphatic carbocycles. The Labute approximate surface area is 127 Å². The van der Waals surface area contributed by atoms with Gasteiger partial charge in [0, 0.05) is 6.54 Å². The minimum Gasteiger partial charge on any atom is -0.483 e. The molecular formula is C15H20F3NO3. The van der Waals surface area contributed by atoms with Crippen LogP contribution in [-0.2, 0) is 11.0 Å². The number of alkyl halides is 3. The van der Waals surface area contributed by atoms with Gasteiger partial charge in [-0.25, -0.2) is 0 Å². The van der Waals surface area contributed by atoms with Crippen LogP contribution in [0.4, 0.5) is 13.2 Å². The molecule has 22 heavy (non-hydrogen) atoms. The molecule has 2 N–H and O–H groups in total. The van der Waals surface area contributed by atoms with E-state index in [2.05, 4.69) is 5.32 Å². The molecule has 7 heteroatoms. The summed E-state index contributed by atoms with van der Waals surface area (Å²) in [6, 6.07) is 4.74. The Kier molecular flexibility index (Phi) is 6.67. The van der Waals surface area contributed by atoms with Gasteiger partial charge in [0.05, 0.1) is 11.7 Å². The number of hydrogen-bond acceptors (Lipinski definition) is 3. The molecule has 0 fully saturated rings. The van der Waals surface area contributed by atoms with E-state index in [1.165, 1.54) is 18.2 Å². The van der Waals surface area contributed by atoms with E-state index in [9.17, 15) is 23.1 Å². The third kappa shape index (κ3) is 6.34. The van der Waals surface area contributed by atoms with E-state index in [0.717, 1.165) is 6.07 Å². The van der Waals surface area contributed by atoms with Crippen LogP contribution in [0.2, 0.25) is 0 Å². The summed E-state index contributed by atoms with van der Waals surface area (Å²) in [5.41, 5.74) is -0.912. The number of carbonyl (C=O) groups is 1. The van der Waals surface area contributed by atoms with E-state index >= 15 is 0 Å². The number of benzene rings is 1. The molecule has 0 radical (unpaired) electrons. The summed E-state index contributed by atoms with van der Waals surface area (Å²) in [4.78, 5) is 11.6. The zero-order valence-corrected chi connectivity index (χ0v) is 12.5. The lowest BCUT2D eigenvalue weighted by Crippen LogP contribution is -2.33. The van der Waals surface area contributed by atoms with Crippen LogP contribution in [0, 0.1) is 5.92 Å². The molecular weight excluding hydrogens is 299 g/mol. The number of aliphatic hydroxyl groups is 1. The molecule has 2 atom stereocenters. The average Bonchev–Trinajstić information content (AvgIpc) is 2.41. The van der Waals surface area contributed by atoms with Gasteiger partial charge in [0.15, 0.2) is 6.61 Å². The van der Waals surface area contributed by atoms with E-state index in [-0.39, 0.29) is 11.7 Å². The maximum Gasteiger partial charge on any atom is 0.419 e. The van der Waals surface area contributed by atoms with Crippen LogP contribution in [0.15, 0.2) is 24.3 Å². The second kappa shape index (κ2) is 8.03. The molecule has 0 saturated heterocycles. The number of carbonyl (C=O) groups excluding carboxylic acids is 1. The number of amides is 1. The number of hydrogen-bond donors (Lipinski definition) is 2. The van der Waals surface area contributed by atoms with Gasteiger partial charge < -0.3 is 15.2 Å². The number of ether oxygens (including phenoxy) is 1. The summed E-state index contributed by atoms with van der Waals surface area (Å²) < 4.78 is 43.2. The maximum atomic E-state index is 12.7. The average molecular weight is 319 g/mol. The monoisotopic (exact) mass is 319 g/mol. The van der Waals surface area contributed by atoms with Gasteiger partial charge in [-0.15, -0.1) is 0 Å². The van der Waals surface area contributed by atoms with Crippen LogP contribution in [-0.4, -0.2) is 30.3 Å². The van der Waals surface area contributed by atoms with Crippen LogP contribution in [0.3, 0.4) is 0 Å². The van der Waals surface area contributed by atoms with Crippen LogP contribution in [0.1, 0.15) is 25.8 Å². The Morgan fingerprint density at radius 1 is 1.32 bits per heavy atom. The van der Waals surface area contributed by atoms with Crippen molar-refractivity contribution in [3.63, 3.8) is 0 Å². The van der Waals surface area contributed by atoms with Gasteiger partial charge in [-0.1, -0.05) is 19.1 Å². The van der Waals surface area contributed by atoms with Crippen LogP contribution in [0.25, 0.3) is 0 Å². The van der Waals surface area contributed by atoms with Crippen molar-refractivity contribution in [3.8, 4) is 5.75 Å². The number of halogens is 3. The minimum atomic E-state index is -4.53. The van der Waals surface area contributed by atoms with Gasteiger partial charge in [0.25, 0.3) is 5.91 Å². The van der Waals surface area contributed by atoms with Crippen molar-refractivity contribution >= 4 is 5.91 Å². The molecule has 124 valence electrons. The molecule has 0 heterocycles. The first-order valence-corrected chi connectivity index (χ1v) is 6.94. The lowest BCUT2D eigenvalue weighted by Gasteiger charge is -2.15. The SMILES string of the molecule is CC(O)CC(C)CNC(=O)COc1ccccc1C(F)(F)F. The lowest BCUT2D eigenvalue weighted by atomic mass is 10.1. The van der Waals surface area contributed by atoms with E-state index in [4.69, 9.17) is 4.74 Å². The summed E-state index contributed by atoms with van der Waals surface area (Å²) in [5, 5.41) is 11.8. The lowest BCUT2D eigenvalue weighted by molar-refractivity contribution is -0.139. The highest BCUT2D eigenvalue weighted by atomic mass is 19.4. The topological polar surface area (TPSA) is 58.6 Å². The molecule has 0 bridgehead atoms. The Bertz CT molecular complexity index is 489. The predicted molar refractivity (Wildman–Crippen MR) is 75.4 cm³/mol. The molecule has 0 spiro atoms. The molecule has 0 saturated carbocycles. The highest BCUT2D eigenvalue weighted by molar-refractivity contribution is 5.77. The van der Waals surface area contributed by atoms with Crippen LogP contribution >= 0.6 is 0 Å². The van der Waals surface area contributed by atoms with Crippen molar-refractivity contribution in [3.05, 3.63) is 29.8 Å². The van der Waals surface area contributed by atoms with Gasteiger partial charge in [0.1, 0.15) is 5.75 Å². The Morgan fingerprint density at radius 3 is 2.55 bits per heavy atom. The van der Waals surface area contributed by atoms with Gasteiger partial charge in [-0.05, 0) is 31.4 Å². The largest absolute Gasteiger partial charge is 0.483 e. The highest BCUT2D eigenvalue weighted by Crippen LogP contribution is 2.35. The van der Waals surface area contributed by atoms with Gasteiger partial charge in [-0.3, -0.25) is 4.79 Å². The molecule has 2 unspecified atom stereocenters. The first-order valence-electron chi connectivity index (χ1n) is 6.94. The molecule has 0 aromatic heterocycles. The Hall–Kier alpha value is -1.76. The molecule has 1 amide bonds. The third-order valence-corrected chi connectivity index (χ3v) is 2.94. The quantitative estimate of drug-likeness (QED) is 0.812. The zero-order chi connectivity index (χ0) is 16.8. The van der Waals surface area contributed by atoms with Crippen LogP contribution < -0.4 is 10.1 Å². The van der Waals surface area contributed by atoms with Gasteiger partial charge in [0.2, 0.25) is 0 Å². The number of para-hydroxylation sites is 1. The summed E-state index contributed by atoms with van der Waals surface area (Å²) in [6.45, 7) is 3.34. The Balaban J connectivity index is 2.48. The van der Waals surface area contributed by atoms with Crippen LogP contribution in [0.5, 0.6) is 5.75 Å². The maximum absolute atomic E-state index is 12.7. The number of rotatable bonds is 7. The molecule has 1 rings (SSSR count). The standard InChI is InChI=1S/C15H20F3NO3/c1-10(7-11(2)20)8-19-14(21)9-22-13-6-4-3-5-12(13)15(16,17)18/h3-6,10-11,20H,7-9H2,1-2H3,(H,19,21). The van der Waals surface area contributed by atoms with Crippen molar-refractivity contribution in [1.29, 1.82) is 0 Å². The van der Waals surface area contributed by atoms with E-state index in [1.807, 2.05) is 6.92 Å². The normalized spacial score (nSPS) is 14.3. The number of nitrogens with one attached hydrogen (secondary N) is 1. The predicted octanol–water partition coefficient (Wildman–Crippen LogP) is 2.61. The van der Waals surface area contributed by atoms with Crippen molar-refractivity contribution in [1.82, 2.24) is 5.32 Å². The first kappa shape index (κ1) is 18.3. The van der Waals surface area contributed by atoms with Gasteiger partial charge >= 0.3 is 6.18 Å². The zero-order valence-electron chi connectivity index (χ0n) is 12.5. The second-order valence-electron chi connectivity index (χ2n) is 5.28. The minimum absolute atomic E-state index is 0.0615. The van der Waals surface area contributed by atoms with E-state index in [1.54, 1.807) is 6.92 Å². The molecule has 0 aliphatic heterocycles. The number of aliphatic hydroxyl groups excluding tert-OH is 1. The third-order valence-electron chi connectivity index (χ3n) is 2.94. The summed E-state index contributed by atoms with van der Waals surface area (Å²) in [5.74, 6) is -0.817. The second-order valence-corrected chi connectivity index (χ2v) is 5.28. The van der Waals surface area contributed by atoms with E-state index in [0.29, 0.717) is 13.0 Å². The first-order chi connectivity index (χ1) is 10.2. The van der Waals surface area contributed by atoms with Crippen molar-refractivity contribution in [2.45, 2.75) is 32.5 Å². The van der Waals surface area contributed by atoms with Crippen molar-refractivity contribution in [2.75, 3.05) is 13.2 Å². The van der Waals surface area contributed by atoms with Gasteiger partial charge in [-0.2, -0.15) is 13.2 Å². The molecule has 1 aromatic carbocycles. The molecule has 4 nitrogen and oxygen atoms in total. The van der Waals surface area contributed by atoms with Crippen molar-refractivity contribution < 1.29 is 27.8 Å². The fourth-order valence-electron chi connectivity index (χ4n) is 1.97. The van der Waals surface area contributed by atoms with E-state index < -0.39 is 30.4 Å². The summed E-state index contributed by atoms with van der Waals surface area (Å²) in [7, 11) is 0. The molecule has 1 aromatic rings. The smallest absolute Gasteiger partial charge is 0.419 e. The summed E-state index contributed by atoms with van der Waals surface area (Å²) in [6.07, 6.45) is -4.47. The fourth-order valence-corrected chi connectivity index (χ4v) is 1.97. The summed E-state index contributed by atoms with van der Waals surface area (Å²) >= 11 is 0. The van der Waals surface area contributed by atoms with Crippen molar-refractivity contribution in [2.24, 2.45) is 5.92 Å². The molecule has 0 aliphatic rings. The Morgan fingerprint density at radius 2 is 1.95 bits per heavy atom.